The van der Waals surface area contributed by atoms with Crippen LogP contribution in [0.2, 0.25) is 0 Å². The Labute approximate surface area is 121 Å². The summed E-state index contributed by atoms with van der Waals surface area (Å²) in [6, 6.07) is 10.5. The summed E-state index contributed by atoms with van der Waals surface area (Å²) in [7, 11) is 0. The van der Waals surface area contributed by atoms with E-state index >= 15 is 0 Å². The summed E-state index contributed by atoms with van der Waals surface area (Å²) in [4.78, 5) is 11.9. The third-order valence-corrected chi connectivity index (χ3v) is 4.23. The van der Waals surface area contributed by atoms with Crippen molar-refractivity contribution in [1.82, 2.24) is 0 Å². The van der Waals surface area contributed by atoms with Gasteiger partial charge in [-0.3, -0.25) is 0 Å². The van der Waals surface area contributed by atoms with Crippen molar-refractivity contribution in [2.75, 3.05) is 0 Å². The van der Waals surface area contributed by atoms with Gasteiger partial charge in [-0.2, -0.15) is 0 Å². The summed E-state index contributed by atoms with van der Waals surface area (Å²) in [6.45, 7) is 4.07. The summed E-state index contributed by atoms with van der Waals surface area (Å²) < 4.78 is 13.6. The highest BCUT2D eigenvalue weighted by molar-refractivity contribution is 7.98. The van der Waals surface area contributed by atoms with Crippen molar-refractivity contribution in [2.45, 2.75) is 24.5 Å². The fraction of sp³-hybridized carbons (Fsp3) is 0.188. The molecular weight excluding hydrogens is 275 g/mol. The fourth-order valence-corrected chi connectivity index (χ4v) is 2.91. The van der Waals surface area contributed by atoms with Crippen LogP contribution in [0.5, 0.6) is 0 Å². The molecule has 0 saturated heterocycles. The second-order valence-corrected chi connectivity index (χ2v) is 5.69. The van der Waals surface area contributed by atoms with Crippen LogP contribution in [-0.4, -0.2) is 11.1 Å². The van der Waals surface area contributed by atoms with Crippen molar-refractivity contribution < 1.29 is 14.3 Å². The average Bonchev–Trinajstić information content (AvgIpc) is 2.39. The van der Waals surface area contributed by atoms with Crippen LogP contribution in [0.3, 0.4) is 0 Å². The zero-order valence-corrected chi connectivity index (χ0v) is 12.1. The number of thioether (sulfide) groups is 1. The van der Waals surface area contributed by atoms with Gasteiger partial charge in [-0.15, -0.1) is 11.8 Å². The van der Waals surface area contributed by atoms with E-state index < -0.39 is 11.8 Å². The lowest BCUT2D eigenvalue weighted by Crippen LogP contribution is -2.00. The highest BCUT2D eigenvalue weighted by atomic mass is 32.2. The number of hydrogen-bond acceptors (Lipinski definition) is 2. The number of carbonyl (C=O) groups is 1. The first-order valence-electron chi connectivity index (χ1n) is 6.19. The highest BCUT2D eigenvalue weighted by Crippen LogP contribution is 2.27. The van der Waals surface area contributed by atoms with Crippen LogP contribution in [0.4, 0.5) is 4.39 Å². The van der Waals surface area contributed by atoms with Gasteiger partial charge in [-0.25, -0.2) is 9.18 Å². The molecule has 2 rings (SSSR count). The standard InChI is InChI=1S/C16H15FO2S/c1-10-3-4-11(2)15(7-10)20-9-12-5-6-13(16(18)19)14(17)8-12/h3-8H,9H2,1-2H3,(H,18,19). The van der Waals surface area contributed by atoms with Crippen molar-refractivity contribution in [3.05, 3.63) is 64.5 Å². The molecule has 1 N–H and O–H groups in total. The number of hydrogen-bond donors (Lipinski definition) is 1. The molecule has 0 aliphatic rings. The molecule has 0 heterocycles. The molecule has 0 bridgehead atoms. The Morgan fingerprint density at radius 2 is 1.95 bits per heavy atom. The Morgan fingerprint density at radius 1 is 1.20 bits per heavy atom. The molecule has 0 aliphatic carbocycles. The van der Waals surface area contributed by atoms with E-state index in [9.17, 15) is 9.18 Å². The first-order valence-corrected chi connectivity index (χ1v) is 7.17. The first-order chi connectivity index (χ1) is 9.47. The van der Waals surface area contributed by atoms with Gasteiger partial charge in [0.05, 0.1) is 5.56 Å². The van der Waals surface area contributed by atoms with E-state index in [4.69, 9.17) is 5.11 Å². The molecule has 4 heteroatoms. The first kappa shape index (κ1) is 14.6. The number of aryl methyl sites for hydroxylation is 2. The summed E-state index contributed by atoms with van der Waals surface area (Å²) in [5, 5.41) is 8.79. The predicted octanol–water partition coefficient (Wildman–Crippen LogP) is 4.43. The zero-order chi connectivity index (χ0) is 14.7. The number of rotatable bonds is 4. The van der Waals surface area contributed by atoms with Crippen molar-refractivity contribution in [1.29, 1.82) is 0 Å². The van der Waals surface area contributed by atoms with Gasteiger partial charge in [0.15, 0.2) is 0 Å². The predicted molar refractivity (Wildman–Crippen MR) is 78.8 cm³/mol. The van der Waals surface area contributed by atoms with Crippen LogP contribution in [0.15, 0.2) is 41.3 Å². The third-order valence-electron chi connectivity index (χ3n) is 3.00. The molecule has 0 saturated carbocycles. The second kappa shape index (κ2) is 6.09. The Kier molecular flexibility index (Phi) is 4.45. The lowest BCUT2D eigenvalue weighted by atomic mass is 10.1. The van der Waals surface area contributed by atoms with Crippen molar-refractivity contribution in [2.24, 2.45) is 0 Å². The molecular formula is C16H15FO2S. The van der Waals surface area contributed by atoms with Crippen LogP contribution >= 0.6 is 11.8 Å². The molecule has 0 amide bonds. The molecule has 0 radical (unpaired) electrons. The average molecular weight is 290 g/mol. The number of carboxylic acid groups (broad SMARTS) is 1. The van der Waals surface area contributed by atoms with Crippen molar-refractivity contribution in [3.63, 3.8) is 0 Å². The van der Waals surface area contributed by atoms with Gasteiger partial charge in [0.25, 0.3) is 0 Å². The number of halogens is 1. The quantitative estimate of drug-likeness (QED) is 0.846. The minimum absolute atomic E-state index is 0.287. The van der Waals surface area contributed by atoms with E-state index in [2.05, 4.69) is 18.2 Å². The van der Waals surface area contributed by atoms with E-state index in [0.29, 0.717) is 5.75 Å². The topological polar surface area (TPSA) is 37.3 Å². The molecule has 2 nitrogen and oxygen atoms in total. The molecule has 2 aromatic rings. The summed E-state index contributed by atoms with van der Waals surface area (Å²) >= 11 is 1.62. The number of benzene rings is 2. The van der Waals surface area contributed by atoms with E-state index in [1.54, 1.807) is 17.8 Å². The van der Waals surface area contributed by atoms with Gasteiger partial charge in [0.2, 0.25) is 0 Å². The van der Waals surface area contributed by atoms with E-state index in [1.165, 1.54) is 23.3 Å². The fourth-order valence-electron chi connectivity index (χ4n) is 1.85. The molecule has 20 heavy (non-hydrogen) atoms. The third kappa shape index (κ3) is 3.39. The largest absolute Gasteiger partial charge is 0.478 e. The summed E-state index contributed by atoms with van der Waals surface area (Å²) in [6.07, 6.45) is 0. The van der Waals surface area contributed by atoms with Crippen LogP contribution in [0.25, 0.3) is 0 Å². The number of carboxylic acids is 1. The molecule has 0 fully saturated rings. The molecule has 0 spiro atoms. The zero-order valence-electron chi connectivity index (χ0n) is 11.3. The maximum absolute atomic E-state index is 13.6. The second-order valence-electron chi connectivity index (χ2n) is 4.68. The Bertz CT molecular complexity index is 653. The SMILES string of the molecule is Cc1ccc(C)c(SCc2ccc(C(=O)O)c(F)c2)c1. The molecule has 104 valence electrons. The van der Waals surface area contributed by atoms with Crippen LogP contribution in [0.1, 0.15) is 27.0 Å². The lowest BCUT2D eigenvalue weighted by molar-refractivity contribution is 0.0692. The van der Waals surface area contributed by atoms with Crippen LogP contribution < -0.4 is 0 Å². The maximum atomic E-state index is 13.6. The minimum Gasteiger partial charge on any atom is -0.478 e. The van der Waals surface area contributed by atoms with Gasteiger partial charge in [0, 0.05) is 10.6 Å². The lowest BCUT2D eigenvalue weighted by Gasteiger charge is -2.07. The van der Waals surface area contributed by atoms with Gasteiger partial charge in [-0.05, 0) is 43.2 Å². The van der Waals surface area contributed by atoms with Crippen molar-refractivity contribution >= 4 is 17.7 Å². The maximum Gasteiger partial charge on any atom is 0.338 e. The van der Waals surface area contributed by atoms with Gasteiger partial charge in [-0.1, -0.05) is 23.8 Å². The van der Waals surface area contributed by atoms with E-state index in [1.807, 2.05) is 13.8 Å². The van der Waals surface area contributed by atoms with E-state index in [0.717, 1.165) is 10.5 Å². The molecule has 0 atom stereocenters. The Hall–Kier alpha value is -1.81. The Morgan fingerprint density at radius 3 is 2.60 bits per heavy atom. The normalized spacial score (nSPS) is 10.6. The highest BCUT2D eigenvalue weighted by Gasteiger charge is 2.10. The van der Waals surface area contributed by atoms with Crippen molar-refractivity contribution in [3.8, 4) is 0 Å². The summed E-state index contributed by atoms with van der Waals surface area (Å²) in [5.74, 6) is -1.31. The van der Waals surface area contributed by atoms with Gasteiger partial charge < -0.3 is 5.11 Å². The molecule has 2 aromatic carbocycles. The van der Waals surface area contributed by atoms with Gasteiger partial charge >= 0.3 is 5.97 Å². The minimum atomic E-state index is -1.24. The number of aromatic carboxylic acids is 1. The van der Waals surface area contributed by atoms with Crippen LogP contribution in [-0.2, 0) is 5.75 Å². The summed E-state index contributed by atoms with van der Waals surface area (Å²) in [5.41, 5.74) is 2.86. The Balaban J connectivity index is 2.13. The molecule has 0 aliphatic heterocycles. The smallest absolute Gasteiger partial charge is 0.338 e. The monoisotopic (exact) mass is 290 g/mol. The molecule has 0 unspecified atom stereocenters. The van der Waals surface area contributed by atoms with E-state index in [-0.39, 0.29) is 5.56 Å². The molecule has 0 aromatic heterocycles. The van der Waals surface area contributed by atoms with Gasteiger partial charge in [0.1, 0.15) is 5.82 Å². The van der Waals surface area contributed by atoms with Crippen LogP contribution in [0, 0.1) is 19.7 Å².